The van der Waals surface area contributed by atoms with Crippen molar-refractivity contribution in [1.82, 2.24) is 0 Å². The molecule has 0 spiro atoms. The predicted molar refractivity (Wildman–Crippen MR) is 115 cm³/mol. The number of rotatable bonds is 7. The third-order valence-electron chi connectivity index (χ3n) is 4.41. The Kier molecular flexibility index (Phi) is 6.54. The van der Waals surface area contributed by atoms with Crippen LogP contribution in [-0.2, 0) is 0 Å². The molecule has 154 valence electrons. The van der Waals surface area contributed by atoms with E-state index in [9.17, 15) is 9.59 Å². The molecule has 0 aliphatic rings. The Morgan fingerprint density at radius 1 is 0.633 bits per heavy atom. The summed E-state index contributed by atoms with van der Waals surface area (Å²) in [4.78, 5) is 25.0. The van der Waals surface area contributed by atoms with Gasteiger partial charge in [0.1, 0.15) is 17.2 Å². The van der Waals surface area contributed by atoms with Crippen LogP contribution in [0.1, 0.15) is 20.7 Å². The second-order valence-corrected chi connectivity index (χ2v) is 6.28. The van der Waals surface area contributed by atoms with Crippen molar-refractivity contribution in [2.24, 2.45) is 0 Å². The normalized spacial score (nSPS) is 10.1. The Hall–Kier alpha value is -4.00. The zero-order valence-electron chi connectivity index (χ0n) is 16.9. The fraction of sp³-hybridized carbons (Fsp3) is 0.130. The van der Waals surface area contributed by atoms with Crippen molar-refractivity contribution in [1.29, 1.82) is 0 Å². The average Bonchev–Trinajstić information content (AvgIpc) is 2.79. The minimum absolute atomic E-state index is 0.255. The van der Waals surface area contributed by atoms with Crippen molar-refractivity contribution < 1.29 is 23.8 Å². The molecule has 0 saturated heterocycles. The highest BCUT2D eigenvalue weighted by Crippen LogP contribution is 2.25. The van der Waals surface area contributed by atoms with Gasteiger partial charge in [0.15, 0.2) is 0 Å². The highest BCUT2D eigenvalue weighted by atomic mass is 16.5. The van der Waals surface area contributed by atoms with Crippen molar-refractivity contribution >= 4 is 23.2 Å². The summed E-state index contributed by atoms with van der Waals surface area (Å²) < 4.78 is 15.5. The molecule has 0 radical (unpaired) electrons. The van der Waals surface area contributed by atoms with E-state index in [-0.39, 0.29) is 11.8 Å². The fourth-order valence-corrected chi connectivity index (χ4v) is 2.77. The van der Waals surface area contributed by atoms with Crippen molar-refractivity contribution in [3.8, 4) is 17.2 Å². The van der Waals surface area contributed by atoms with E-state index < -0.39 is 0 Å². The van der Waals surface area contributed by atoms with Crippen LogP contribution in [0.5, 0.6) is 17.2 Å². The Morgan fingerprint density at radius 2 is 1.17 bits per heavy atom. The van der Waals surface area contributed by atoms with E-state index in [1.54, 1.807) is 80.9 Å². The van der Waals surface area contributed by atoms with Gasteiger partial charge in [-0.15, -0.1) is 0 Å². The van der Waals surface area contributed by atoms with Crippen molar-refractivity contribution in [3.05, 3.63) is 77.9 Å². The van der Waals surface area contributed by atoms with Gasteiger partial charge in [-0.05, 0) is 60.7 Å². The van der Waals surface area contributed by atoms with E-state index in [2.05, 4.69) is 10.6 Å². The molecule has 0 bridgehead atoms. The highest BCUT2D eigenvalue weighted by Gasteiger charge is 2.14. The Labute approximate surface area is 174 Å². The lowest BCUT2D eigenvalue weighted by Gasteiger charge is -2.11. The van der Waals surface area contributed by atoms with Crippen LogP contribution in [0.3, 0.4) is 0 Å². The molecule has 7 heteroatoms. The lowest BCUT2D eigenvalue weighted by molar-refractivity contribution is 0.101. The number of amides is 2. The first-order chi connectivity index (χ1) is 14.5. The molecule has 0 unspecified atom stereocenters. The van der Waals surface area contributed by atoms with Crippen molar-refractivity contribution in [2.45, 2.75) is 0 Å². The second kappa shape index (κ2) is 9.47. The number of anilines is 2. The number of carbonyl (C=O) groups is 2. The first-order valence-electron chi connectivity index (χ1n) is 9.13. The molecular weight excluding hydrogens is 384 g/mol. The van der Waals surface area contributed by atoms with E-state index >= 15 is 0 Å². The average molecular weight is 406 g/mol. The van der Waals surface area contributed by atoms with Gasteiger partial charge >= 0.3 is 0 Å². The van der Waals surface area contributed by atoms with Gasteiger partial charge in [0.05, 0.1) is 26.9 Å². The summed E-state index contributed by atoms with van der Waals surface area (Å²) in [7, 11) is 4.61. The number of hydrogen-bond acceptors (Lipinski definition) is 5. The second-order valence-electron chi connectivity index (χ2n) is 6.28. The van der Waals surface area contributed by atoms with Gasteiger partial charge in [0, 0.05) is 23.0 Å². The number of nitrogens with one attached hydrogen (secondary N) is 2. The summed E-state index contributed by atoms with van der Waals surface area (Å²) in [5.74, 6) is 1.12. The molecule has 0 heterocycles. The Balaban J connectivity index is 1.66. The van der Waals surface area contributed by atoms with Crippen LogP contribution in [-0.4, -0.2) is 33.1 Å². The van der Waals surface area contributed by atoms with Crippen molar-refractivity contribution in [2.75, 3.05) is 32.0 Å². The smallest absolute Gasteiger partial charge is 0.259 e. The lowest BCUT2D eigenvalue weighted by atomic mass is 10.1. The molecule has 30 heavy (non-hydrogen) atoms. The molecule has 0 aliphatic heterocycles. The van der Waals surface area contributed by atoms with Gasteiger partial charge in [0.2, 0.25) is 0 Å². The number of benzene rings is 3. The predicted octanol–water partition coefficient (Wildman–Crippen LogP) is 4.22. The molecule has 2 amide bonds. The first-order valence-corrected chi connectivity index (χ1v) is 9.13. The molecule has 3 rings (SSSR count). The summed E-state index contributed by atoms with van der Waals surface area (Å²) >= 11 is 0. The van der Waals surface area contributed by atoms with Gasteiger partial charge in [-0.2, -0.15) is 0 Å². The maximum absolute atomic E-state index is 12.6. The SMILES string of the molecule is COc1ccc(NC(=O)c2ccc(NC(=O)c3ccc(OC)cc3OC)cc2)cc1. The molecule has 0 atom stereocenters. The van der Waals surface area contributed by atoms with Gasteiger partial charge in [0.25, 0.3) is 11.8 Å². The lowest BCUT2D eigenvalue weighted by Crippen LogP contribution is -2.14. The van der Waals surface area contributed by atoms with E-state index in [0.29, 0.717) is 39.8 Å². The third kappa shape index (κ3) is 4.88. The number of methoxy groups -OCH3 is 3. The van der Waals surface area contributed by atoms with Crippen LogP contribution in [0.25, 0.3) is 0 Å². The molecular formula is C23H22N2O5. The molecule has 0 fully saturated rings. The van der Waals surface area contributed by atoms with Crippen LogP contribution < -0.4 is 24.8 Å². The maximum Gasteiger partial charge on any atom is 0.259 e. The summed E-state index contributed by atoms with van der Waals surface area (Å²) in [5, 5.41) is 5.60. The van der Waals surface area contributed by atoms with E-state index in [1.807, 2.05) is 0 Å². The zero-order chi connectivity index (χ0) is 21.5. The van der Waals surface area contributed by atoms with Crippen molar-refractivity contribution in [3.63, 3.8) is 0 Å². The molecule has 0 aromatic heterocycles. The topological polar surface area (TPSA) is 85.9 Å². The number of carbonyl (C=O) groups excluding carboxylic acids is 2. The maximum atomic E-state index is 12.6. The minimum Gasteiger partial charge on any atom is -0.497 e. The summed E-state index contributed by atoms with van der Waals surface area (Å²) in [6.45, 7) is 0. The summed E-state index contributed by atoms with van der Waals surface area (Å²) in [6.07, 6.45) is 0. The largest absolute Gasteiger partial charge is 0.497 e. The van der Waals surface area contributed by atoms with Crippen LogP contribution in [0.2, 0.25) is 0 Å². The zero-order valence-corrected chi connectivity index (χ0v) is 16.9. The summed E-state index contributed by atoms with van der Waals surface area (Å²) in [5.41, 5.74) is 2.05. The van der Waals surface area contributed by atoms with Crippen LogP contribution in [0.4, 0.5) is 11.4 Å². The molecule has 0 saturated carbocycles. The highest BCUT2D eigenvalue weighted by molar-refractivity contribution is 6.07. The summed E-state index contributed by atoms with van der Waals surface area (Å²) in [6, 6.07) is 18.6. The van der Waals surface area contributed by atoms with E-state index in [4.69, 9.17) is 14.2 Å². The van der Waals surface area contributed by atoms with Gasteiger partial charge < -0.3 is 24.8 Å². The first kappa shape index (κ1) is 20.7. The monoisotopic (exact) mass is 406 g/mol. The molecule has 2 N–H and O–H groups in total. The molecule has 7 nitrogen and oxygen atoms in total. The number of hydrogen-bond donors (Lipinski definition) is 2. The minimum atomic E-state index is -0.329. The van der Waals surface area contributed by atoms with Crippen LogP contribution in [0, 0.1) is 0 Å². The molecule has 3 aromatic rings. The Bertz CT molecular complexity index is 1030. The van der Waals surface area contributed by atoms with Crippen LogP contribution in [0.15, 0.2) is 66.7 Å². The number of ether oxygens (including phenoxy) is 3. The van der Waals surface area contributed by atoms with E-state index in [0.717, 1.165) is 0 Å². The Morgan fingerprint density at radius 3 is 1.73 bits per heavy atom. The molecule has 3 aromatic carbocycles. The van der Waals surface area contributed by atoms with Crippen LogP contribution >= 0.6 is 0 Å². The third-order valence-corrected chi connectivity index (χ3v) is 4.41. The van der Waals surface area contributed by atoms with Gasteiger partial charge in [-0.25, -0.2) is 0 Å². The quantitative estimate of drug-likeness (QED) is 0.614. The standard InChI is InChI=1S/C23H22N2O5/c1-28-18-10-8-17(9-11-18)24-22(26)15-4-6-16(7-5-15)25-23(27)20-13-12-19(29-2)14-21(20)30-3/h4-14H,1-3H3,(H,24,26)(H,25,27). The van der Waals surface area contributed by atoms with E-state index in [1.165, 1.54) is 7.11 Å². The van der Waals surface area contributed by atoms with Gasteiger partial charge in [-0.3, -0.25) is 9.59 Å². The van der Waals surface area contributed by atoms with Gasteiger partial charge in [-0.1, -0.05) is 0 Å². The fourth-order valence-electron chi connectivity index (χ4n) is 2.77. The molecule has 0 aliphatic carbocycles.